The van der Waals surface area contributed by atoms with Crippen LogP contribution in [0.25, 0.3) is 0 Å². The van der Waals surface area contributed by atoms with Gasteiger partial charge in [-0.05, 0) is 26.8 Å². The molecule has 0 aromatic rings. The van der Waals surface area contributed by atoms with Crippen LogP contribution in [0, 0.1) is 0 Å². The average Bonchev–Trinajstić information content (AvgIpc) is 2.38. The molecule has 104 valence electrons. The van der Waals surface area contributed by atoms with E-state index in [1.54, 1.807) is 6.92 Å². The molecule has 18 heavy (non-hydrogen) atoms. The molecular weight excluding hydrogens is 232 g/mol. The van der Waals surface area contributed by atoms with Gasteiger partial charge < -0.3 is 15.4 Å². The first-order valence-electron chi connectivity index (χ1n) is 6.59. The van der Waals surface area contributed by atoms with Crippen LogP contribution in [0.5, 0.6) is 0 Å². The van der Waals surface area contributed by atoms with Crippen molar-refractivity contribution in [2.45, 2.75) is 57.0 Å². The molecule has 0 radical (unpaired) electrons. The highest BCUT2D eigenvalue weighted by molar-refractivity contribution is 5.84. The summed E-state index contributed by atoms with van der Waals surface area (Å²) >= 11 is 0. The zero-order chi connectivity index (χ0) is 13.6. The number of amides is 1. The number of methoxy groups -OCH3 is 1. The summed E-state index contributed by atoms with van der Waals surface area (Å²) in [4.78, 5) is 23.2. The normalized spacial score (nSPS) is 19.9. The van der Waals surface area contributed by atoms with Crippen molar-refractivity contribution in [1.29, 1.82) is 0 Å². The lowest BCUT2D eigenvalue weighted by Gasteiger charge is -2.36. The SMILES string of the molecule is CNC1(CC(=O)N[C@@H](C)C(=O)OC)CCCCC1. The number of hydrogen-bond donors (Lipinski definition) is 2. The summed E-state index contributed by atoms with van der Waals surface area (Å²) in [7, 11) is 3.23. The molecule has 1 amide bonds. The molecule has 5 nitrogen and oxygen atoms in total. The van der Waals surface area contributed by atoms with E-state index in [1.807, 2.05) is 7.05 Å². The van der Waals surface area contributed by atoms with Gasteiger partial charge in [-0.2, -0.15) is 0 Å². The zero-order valence-corrected chi connectivity index (χ0v) is 11.5. The first-order valence-corrected chi connectivity index (χ1v) is 6.59. The molecule has 5 heteroatoms. The van der Waals surface area contributed by atoms with Crippen LogP contribution in [0.4, 0.5) is 0 Å². The van der Waals surface area contributed by atoms with Gasteiger partial charge in [-0.1, -0.05) is 19.3 Å². The molecule has 0 unspecified atom stereocenters. The lowest BCUT2D eigenvalue weighted by molar-refractivity contribution is -0.144. The van der Waals surface area contributed by atoms with Crippen molar-refractivity contribution in [2.75, 3.05) is 14.2 Å². The van der Waals surface area contributed by atoms with Gasteiger partial charge in [0.15, 0.2) is 0 Å². The van der Waals surface area contributed by atoms with Crippen molar-refractivity contribution in [3.8, 4) is 0 Å². The molecule has 1 saturated carbocycles. The standard InChI is InChI=1S/C13H24N2O3/c1-10(12(17)18-3)15-11(16)9-13(14-2)7-5-4-6-8-13/h10,14H,4-9H2,1-3H3,(H,15,16)/t10-/m0/s1. The molecule has 0 bridgehead atoms. The fourth-order valence-electron chi connectivity index (χ4n) is 2.58. The summed E-state index contributed by atoms with van der Waals surface area (Å²) in [5, 5.41) is 5.97. The van der Waals surface area contributed by atoms with Crippen LogP contribution >= 0.6 is 0 Å². The summed E-state index contributed by atoms with van der Waals surface area (Å²) in [6.45, 7) is 1.64. The molecule has 0 heterocycles. The van der Waals surface area contributed by atoms with Crippen LogP contribution in [0.15, 0.2) is 0 Å². The maximum absolute atomic E-state index is 11.9. The van der Waals surface area contributed by atoms with Gasteiger partial charge in [0.2, 0.25) is 5.91 Å². The number of esters is 1. The average molecular weight is 256 g/mol. The second-order valence-electron chi connectivity index (χ2n) is 5.08. The maximum atomic E-state index is 11.9. The predicted octanol–water partition coefficient (Wildman–Crippen LogP) is 0.976. The number of hydrogen-bond acceptors (Lipinski definition) is 4. The number of carbonyl (C=O) groups excluding carboxylic acids is 2. The van der Waals surface area contributed by atoms with Crippen molar-refractivity contribution in [2.24, 2.45) is 0 Å². The minimum Gasteiger partial charge on any atom is -0.467 e. The fourth-order valence-corrected chi connectivity index (χ4v) is 2.58. The van der Waals surface area contributed by atoms with Crippen molar-refractivity contribution >= 4 is 11.9 Å². The number of rotatable bonds is 5. The first-order chi connectivity index (χ1) is 8.53. The summed E-state index contributed by atoms with van der Waals surface area (Å²) < 4.78 is 4.59. The second-order valence-corrected chi connectivity index (χ2v) is 5.08. The van der Waals surface area contributed by atoms with E-state index < -0.39 is 12.0 Å². The van der Waals surface area contributed by atoms with Gasteiger partial charge in [-0.15, -0.1) is 0 Å². The zero-order valence-electron chi connectivity index (χ0n) is 11.5. The second kappa shape index (κ2) is 6.73. The van der Waals surface area contributed by atoms with Gasteiger partial charge in [0.05, 0.1) is 7.11 Å². The first kappa shape index (κ1) is 15.0. The lowest BCUT2D eigenvalue weighted by Crippen LogP contribution is -2.50. The Morgan fingerprint density at radius 3 is 2.39 bits per heavy atom. The van der Waals surface area contributed by atoms with E-state index >= 15 is 0 Å². The molecule has 1 atom stereocenters. The Morgan fingerprint density at radius 2 is 1.89 bits per heavy atom. The van der Waals surface area contributed by atoms with E-state index in [-0.39, 0.29) is 11.4 Å². The summed E-state index contributed by atoms with van der Waals surface area (Å²) in [6.07, 6.45) is 6.00. The van der Waals surface area contributed by atoms with Crippen LogP contribution in [0.3, 0.4) is 0 Å². The Bertz CT molecular complexity index is 299. The van der Waals surface area contributed by atoms with Crippen LogP contribution in [0.1, 0.15) is 45.4 Å². The van der Waals surface area contributed by atoms with Gasteiger partial charge in [-0.3, -0.25) is 4.79 Å². The molecule has 2 N–H and O–H groups in total. The molecule has 1 fully saturated rings. The number of carbonyl (C=O) groups is 2. The Kier molecular flexibility index (Phi) is 5.59. The monoisotopic (exact) mass is 256 g/mol. The molecule has 0 saturated heterocycles. The van der Waals surface area contributed by atoms with Gasteiger partial charge in [-0.25, -0.2) is 4.79 Å². The van der Waals surface area contributed by atoms with Crippen molar-refractivity contribution < 1.29 is 14.3 Å². The smallest absolute Gasteiger partial charge is 0.328 e. The van der Waals surface area contributed by atoms with Crippen LogP contribution < -0.4 is 10.6 Å². The minimum atomic E-state index is -0.583. The number of ether oxygens (including phenoxy) is 1. The number of nitrogens with one attached hydrogen (secondary N) is 2. The third-order valence-electron chi connectivity index (χ3n) is 3.77. The molecule has 1 aliphatic rings. The van der Waals surface area contributed by atoms with Gasteiger partial charge >= 0.3 is 5.97 Å². The van der Waals surface area contributed by atoms with Crippen molar-refractivity contribution in [3.05, 3.63) is 0 Å². The lowest BCUT2D eigenvalue weighted by atomic mass is 9.79. The van der Waals surface area contributed by atoms with Crippen LogP contribution in [-0.4, -0.2) is 37.6 Å². The van der Waals surface area contributed by atoms with E-state index in [2.05, 4.69) is 15.4 Å². The molecular formula is C13H24N2O3. The highest BCUT2D eigenvalue weighted by Gasteiger charge is 2.33. The quantitative estimate of drug-likeness (QED) is 0.719. The minimum absolute atomic E-state index is 0.0934. The van der Waals surface area contributed by atoms with Gasteiger partial charge in [0.25, 0.3) is 0 Å². The van der Waals surface area contributed by atoms with E-state index in [9.17, 15) is 9.59 Å². The van der Waals surface area contributed by atoms with Crippen molar-refractivity contribution in [1.82, 2.24) is 10.6 Å². The topological polar surface area (TPSA) is 67.4 Å². The largest absolute Gasteiger partial charge is 0.467 e. The highest BCUT2D eigenvalue weighted by atomic mass is 16.5. The highest BCUT2D eigenvalue weighted by Crippen LogP contribution is 2.30. The Labute approximate surface area is 109 Å². The summed E-state index contributed by atoms with van der Waals surface area (Å²) in [6, 6.07) is -0.583. The molecule has 0 aromatic heterocycles. The maximum Gasteiger partial charge on any atom is 0.328 e. The third-order valence-corrected chi connectivity index (χ3v) is 3.77. The third kappa shape index (κ3) is 3.98. The van der Waals surface area contributed by atoms with E-state index in [4.69, 9.17) is 0 Å². The molecule has 0 aromatic carbocycles. The van der Waals surface area contributed by atoms with Crippen LogP contribution in [0.2, 0.25) is 0 Å². The Balaban J connectivity index is 2.49. The molecule has 1 aliphatic carbocycles. The Hall–Kier alpha value is -1.10. The van der Waals surface area contributed by atoms with Crippen LogP contribution in [-0.2, 0) is 14.3 Å². The predicted molar refractivity (Wildman–Crippen MR) is 69.1 cm³/mol. The van der Waals surface area contributed by atoms with E-state index in [0.29, 0.717) is 6.42 Å². The van der Waals surface area contributed by atoms with E-state index in [0.717, 1.165) is 25.7 Å². The molecule has 0 aliphatic heterocycles. The van der Waals surface area contributed by atoms with E-state index in [1.165, 1.54) is 13.5 Å². The summed E-state index contributed by atoms with van der Waals surface area (Å²) in [5.41, 5.74) is -0.0990. The molecule has 0 spiro atoms. The Morgan fingerprint density at radius 1 is 1.28 bits per heavy atom. The molecule has 1 rings (SSSR count). The van der Waals surface area contributed by atoms with Crippen molar-refractivity contribution in [3.63, 3.8) is 0 Å². The fraction of sp³-hybridized carbons (Fsp3) is 0.846. The van der Waals surface area contributed by atoms with Gasteiger partial charge in [0.1, 0.15) is 6.04 Å². The van der Waals surface area contributed by atoms with Gasteiger partial charge in [0, 0.05) is 12.0 Å². The summed E-state index contributed by atoms with van der Waals surface area (Å²) in [5.74, 6) is -0.505.